The van der Waals surface area contributed by atoms with Crippen molar-refractivity contribution in [3.63, 3.8) is 0 Å². The van der Waals surface area contributed by atoms with Crippen molar-refractivity contribution < 1.29 is 9.53 Å². The van der Waals surface area contributed by atoms with Crippen LogP contribution in [0.4, 0.5) is 4.79 Å². The molecule has 2 rings (SSSR count). The van der Waals surface area contributed by atoms with E-state index in [1.54, 1.807) is 4.90 Å². The predicted molar refractivity (Wildman–Crippen MR) is 102 cm³/mol. The highest BCUT2D eigenvalue weighted by Gasteiger charge is 2.30. The second-order valence-corrected chi connectivity index (χ2v) is 7.94. The third-order valence-electron chi connectivity index (χ3n) is 4.31. The summed E-state index contributed by atoms with van der Waals surface area (Å²) in [5, 5.41) is 3.31. The molecule has 2 unspecified atom stereocenters. The van der Waals surface area contributed by atoms with Gasteiger partial charge in [0, 0.05) is 31.7 Å². The Labute approximate surface area is 154 Å². The van der Waals surface area contributed by atoms with E-state index in [0.717, 1.165) is 25.6 Å². The van der Waals surface area contributed by atoms with Crippen LogP contribution in [-0.4, -0.2) is 92.8 Å². The SMILES string of the molecule is CN(C)C1CCN(C(=O)OC(C)(C)C)C1.CN(C)C1CCNC1.Cl. The number of halogens is 1. The summed E-state index contributed by atoms with van der Waals surface area (Å²) in [6, 6.07) is 1.26. The first-order valence-electron chi connectivity index (χ1n) is 8.61. The van der Waals surface area contributed by atoms with Gasteiger partial charge in [0.25, 0.3) is 0 Å². The van der Waals surface area contributed by atoms with Gasteiger partial charge in [-0.15, -0.1) is 12.4 Å². The van der Waals surface area contributed by atoms with Crippen LogP contribution in [0.15, 0.2) is 0 Å². The largest absolute Gasteiger partial charge is 0.444 e. The van der Waals surface area contributed by atoms with Crippen LogP contribution < -0.4 is 5.32 Å². The molecule has 2 aliphatic rings. The number of likely N-dealkylation sites (tertiary alicyclic amines) is 1. The van der Waals surface area contributed by atoms with E-state index >= 15 is 0 Å². The zero-order valence-electron chi connectivity index (χ0n) is 16.5. The number of carbonyl (C=O) groups is 1. The summed E-state index contributed by atoms with van der Waals surface area (Å²) in [4.78, 5) is 17.9. The molecule has 2 atom stereocenters. The van der Waals surface area contributed by atoms with Gasteiger partial charge in [0.1, 0.15) is 5.60 Å². The maximum Gasteiger partial charge on any atom is 0.410 e. The average molecular weight is 365 g/mol. The molecule has 0 aromatic carbocycles. The van der Waals surface area contributed by atoms with Crippen molar-refractivity contribution >= 4 is 18.5 Å². The second kappa shape index (κ2) is 10.4. The van der Waals surface area contributed by atoms with Gasteiger partial charge in [0.05, 0.1) is 0 Å². The lowest BCUT2D eigenvalue weighted by Crippen LogP contribution is -2.37. The molecule has 1 amide bonds. The monoisotopic (exact) mass is 364 g/mol. The van der Waals surface area contributed by atoms with E-state index in [-0.39, 0.29) is 18.5 Å². The second-order valence-electron chi connectivity index (χ2n) is 7.94. The number of hydrogen-bond donors (Lipinski definition) is 1. The highest BCUT2D eigenvalue weighted by atomic mass is 35.5. The van der Waals surface area contributed by atoms with Crippen LogP contribution >= 0.6 is 12.4 Å². The molecule has 1 N–H and O–H groups in total. The first kappa shape index (κ1) is 23.4. The van der Waals surface area contributed by atoms with E-state index in [0.29, 0.717) is 6.04 Å². The van der Waals surface area contributed by atoms with Crippen LogP contribution in [0.2, 0.25) is 0 Å². The molecular formula is C17H37ClN4O2. The molecule has 2 aliphatic heterocycles. The van der Waals surface area contributed by atoms with Crippen LogP contribution in [0.25, 0.3) is 0 Å². The van der Waals surface area contributed by atoms with Crippen molar-refractivity contribution in [2.24, 2.45) is 0 Å². The van der Waals surface area contributed by atoms with Gasteiger partial charge in [-0.05, 0) is 68.3 Å². The minimum atomic E-state index is -0.396. The predicted octanol–water partition coefficient (Wildman–Crippen LogP) is 1.89. The number of ether oxygens (including phenoxy) is 1. The summed E-state index contributed by atoms with van der Waals surface area (Å²) in [6.07, 6.45) is 2.16. The summed E-state index contributed by atoms with van der Waals surface area (Å²) in [6.45, 7) is 9.63. The topological polar surface area (TPSA) is 48.1 Å². The average Bonchev–Trinajstić information content (AvgIpc) is 3.09. The third kappa shape index (κ3) is 8.51. The molecule has 0 spiro atoms. The van der Waals surface area contributed by atoms with Gasteiger partial charge >= 0.3 is 6.09 Å². The molecule has 2 fully saturated rings. The lowest BCUT2D eigenvalue weighted by molar-refractivity contribution is 0.0285. The Kier molecular flexibility index (Phi) is 10.2. The van der Waals surface area contributed by atoms with Crippen molar-refractivity contribution in [2.45, 2.75) is 51.3 Å². The summed E-state index contributed by atoms with van der Waals surface area (Å²) in [5.74, 6) is 0. The summed E-state index contributed by atoms with van der Waals surface area (Å²) in [5.41, 5.74) is -0.396. The van der Waals surface area contributed by atoms with Gasteiger partial charge in [-0.2, -0.15) is 0 Å². The Morgan fingerprint density at radius 1 is 1.08 bits per heavy atom. The van der Waals surface area contributed by atoms with E-state index in [4.69, 9.17) is 4.74 Å². The van der Waals surface area contributed by atoms with E-state index in [9.17, 15) is 4.79 Å². The summed E-state index contributed by atoms with van der Waals surface area (Å²) < 4.78 is 5.32. The molecule has 0 aromatic rings. The third-order valence-corrected chi connectivity index (χ3v) is 4.31. The molecule has 0 aliphatic carbocycles. The van der Waals surface area contributed by atoms with Crippen LogP contribution in [0.5, 0.6) is 0 Å². The molecule has 0 bridgehead atoms. The molecule has 2 heterocycles. The molecule has 24 heavy (non-hydrogen) atoms. The molecular weight excluding hydrogens is 328 g/mol. The van der Waals surface area contributed by atoms with Crippen LogP contribution in [0, 0.1) is 0 Å². The zero-order chi connectivity index (χ0) is 17.6. The van der Waals surface area contributed by atoms with Crippen molar-refractivity contribution in [3.05, 3.63) is 0 Å². The molecule has 6 nitrogen and oxygen atoms in total. The van der Waals surface area contributed by atoms with Gasteiger partial charge in [-0.25, -0.2) is 4.79 Å². The van der Waals surface area contributed by atoms with Gasteiger partial charge in [0.15, 0.2) is 0 Å². The Bertz CT molecular complexity index is 366. The first-order valence-corrected chi connectivity index (χ1v) is 8.61. The number of carbonyl (C=O) groups excluding carboxylic acids is 1. The number of amides is 1. The Morgan fingerprint density at radius 3 is 2.00 bits per heavy atom. The zero-order valence-corrected chi connectivity index (χ0v) is 17.3. The number of likely N-dealkylation sites (N-methyl/N-ethyl adjacent to an activating group) is 2. The van der Waals surface area contributed by atoms with Gasteiger partial charge in [0.2, 0.25) is 0 Å². The molecule has 0 radical (unpaired) electrons. The van der Waals surface area contributed by atoms with Crippen molar-refractivity contribution in [1.29, 1.82) is 0 Å². The minimum Gasteiger partial charge on any atom is -0.444 e. The van der Waals surface area contributed by atoms with E-state index < -0.39 is 5.60 Å². The van der Waals surface area contributed by atoms with Crippen LogP contribution in [0.1, 0.15) is 33.6 Å². The standard InChI is InChI=1S/C11H22N2O2.C6H14N2.ClH/c1-11(2,3)15-10(14)13-7-6-9(8-13)12(4)5;1-8(2)6-3-4-7-5-6;/h9H,6-8H2,1-5H3;6-7H,3-5H2,1-2H3;1H. The number of nitrogens with zero attached hydrogens (tertiary/aromatic N) is 3. The van der Waals surface area contributed by atoms with Crippen LogP contribution in [0.3, 0.4) is 0 Å². The van der Waals surface area contributed by atoms with Crippen molar-refractivity contribution in [3.8, 4) is 0 Å². The molecule has 7 heteroatoms. The van der Waals surface area contributed by atoms with Crippen LogP contribution in [-0.2, 0) is 4.74 Å². The smallest absolute Gasteiger partial charge is 0.410 e. The highest BCUT2D eigenvalue weighted by Crippen LogP contribution is 2.17. The lowest BCUT2D eigenvalue weighted by Gasteiger charge is -2.25. The number of rotatable bonds is 2. The molecule has 0 aromatic heterocycles. The quantitative estimate of drug-likeness (QED) is 0.810. The normalized spacial score (nSPS) is 23.8. The fourth-order valence-electron chi connectivity index (χ4n) is 2.74. The van der Waals surface area contributed by atoms with Gasteiger partial charge in [-0.1, -0.05) is 0 Å². The Morgan fingerprint density at radius 2 is 1.67 bits per heavy atom. The molecule has 2 saturated heterocycles. The minimum absolute atomic E-state index is 0. The molecule has 0 saturated carbocycles. The first-order chi connectivity index (χ1) is 10.6. The van der Waals surface area contributed by atoms with Crippen molar-refractivity contribution in [1.82, 2.24) is 20.0 Å². The molecule has 144 valence electrons. The Hall–Kier alpha value is -0.560. The van der Waals surface area contributed by atoms with E-state index in [2.05, 4.69) is 29.2 Å². The number of hydrogen-bond acceptors (Lipinski definition) is 5. The lowest BCUT2D eigenvalue weighted by atomic mass is 10.2. The van der Waals surface area contributed by atoms with Crippen molar-refractivity contribution in [2.75, 3.05) is 54.4 Å². The Balaban J connectivity index is 0.000000498. The number of nitrogens with one attached hydrogen (secondary N) is 1. The maximum atomic E-state index is 11.7. The van der Waals surface area contributed by atoms with Gasteiger partial charge in [-0.3, -0.25) is 0 Å². The fourth-order valence-corrected chi connectivity index (χ4v) is 2.74. The van der Waals surface area contributed by atoms with E-state index in [1.807, 2.05) is 34.9 Å². The highest BCUT2D eigenvalue weighted by molar-refractivity contribution is 5.85. The summed E-state index contributed by atoms with van der Waals surface area (Å²) >= 11 is 0. The van der Waals surface area contributed by atoms with E-state index in [1.165, 1.54) is 19.5 Å². The van der Waals surface area contributed by atoms with Gasteiger partial charge < -0.3 is 24.8 Å². The fraction of sp³-hybridized carbons (Fsp3) is 0.941. The maximum absolute atomic E-state index is 11.7. The summed E-state index contributed by atoms with van der Waals surface area (Å²) in [7, 11) is 8.36.